The second kappa shape index (κ2) is 3.74. The van der Waals surface area contributed by atoms with Crippen molar-refractivity contribution in [1.82, 2.24) is 5.32 Å². The van der Waals surface area contributed by atoms with E-state index in [4.69, 9.17) is 0 Å². The first kappa shape index (κ1) is 10.9. The molecule has 3 fully saturated rings. The minimum Gasteiger partial charge on any atom is -0.371 e. The molecule has 1 saturated carbocycles. The summed E-state index contributed by atoms with van der Waals surface area (Å²) >= 11 is 0. The fourth-order valence-corrected chi connectivity index (χ4v) is 3.96. The van der Waals surface area contributed by atoms with E-state index in [1.54, 1.807) is 5.56 Å². The molecule has 2 aliphatic heterocycles. The van der Waals surface area contributed by atoms with E-state index in [2.05, 4.69) is 41.4 Å². The van der Waals surface area contributed by atoms with Gasteiger partial charge in [0.1, 0.15) is 0 Å². The fraction of sp³-hybridized carbons (Fsp3) is 0.625. The average molecular weight is 242 g/mol. The molecular formula is C16H22N2. The van der Waals surface area contributed by atoms with Gasteiger partial charge in [0.05, 0.1) is 0 Å². The van der Waals surface area contributed by atoms with Gasteiger partial charge < -0.3 is 10.2 Å². The van der Waals surface area contributed by atoms with E-state index in [0.29, 0.717) is 5.41 Å². The van der Waals surface area contributed by atoms with Crippen LogP contribution >= 0.6 is 0 Å². The lowest BCUT2D eigenvalue weighted by Crippen LogP contribution is -2.20. The van der Waals surface area contributed by atoms with Crippen molar-refractivity contribution in [1.29, 1.82) is 0 Å². The number of piperidine rings is 1. The van der Waals surface area contributed by atoms with Crippen molar-refractivity contribution in [3.8, 4) is 0 Å². The van der Waals surface area contributed by atoms with Gasteiger partial charge in [0.15, 0.2) is 0 Å². The van der Waals surface area contributed by atoms with Gasteiger partial charge in [-0.3, -0.25) is 0 Å². The van der Waals surface area contributed by atoms with Gasteiger partial charge in [-0.1, -0.05) is 19.1 Å². The molecule has 0 aromatic heterocycles. The van der Waals surface area contributed by atoms with E-state index in [9.17, 15) is 0 Å². The minimum atomic E-state index is 0.511. The highest BCUT2D eigenvalue weighted by Gasteiger charge is 2.57. The predicted octanol–water partition coefficient (Wildman–Crippen LogP) is 2.39. The van der Waals surface area contributed by atoms with Gasteiger partial charge in [-0.15, -0.1) is 0 Å². The number of fused-ring (bicyclic) bond motifs is 1. The minimum absolute atomic E-state index is 0.511. The zero-order valence-corrected chi connectivity index (χ0v) is 11.2. The maximum Gasteiger partial charge on any atom is 0.0366 e. The van der Waals surface area contributed by atoms with Crippen LogP contribution in [0.2, 0.25) is 0 Å². The highest BCUT2D eigenvalue weighted by atomic mass is 15.1. The molecule has 4 rings (SSSR count). The summed E-state index contributed by atoms with van der Waals surface area (Å²) in [5.74, 6) is 1.77. The van der Waals surface area contributed by atoms with Crippen LogP contribution in [0.5, 0.6) is 0 Å². The largest absolute Gasteiger partial charge is 0.371 e. The van der Waals surface area contributed by atoms with Crippen LogP contribution in [0.4, 0.5) is 5.69 Å². The van der Waals surface area contributed by atoms with Gasteiger partial charge in [-0.05, 0) is 48.9 Å². The van der Waals surface area contributed by atoms with Crippen molar-refractivity contribution < 1.29 is 0 Å². The Hall–Kier alpha value is -1.02. The van der Waals surface area contributed by atoms with Crippen molar-refractivity contribution in [2.75, 3.05) is 31.1 Å². The molecule has 0 radical (unpaired) electrons. The summed E-state index contributed by atoms with van der Waals surface area (Å²) in [6.45, 7) is 7.24. The lowest BCUT2D eigenvalue weighted by Gasteiger charge is -2.20. The molecule has 2 heterocycles. The van der Waals surface area contributed by atoms with Crippen LogP contribution in [0.25, 0.3) is 0 Å². The molecule has 1 aromatic carbocycles. The number of hydrogen-bond acceptors (Lipinski definition) is 2. The smallest absolute Gasteiger partial charge is 0.0366 e. The SMILES string of the molecule is CC1CCN(c2ccc([C@@]34CNC[C@@H]3C4)cc2)C1. The molecular weight excluding hydrogens is 220 g/mol. The first-order valence-corrected chi connectivity index (χ1v) is 7.34. The maximum absolute atomic E-state index is 3.53. The molecule has 2 heteroatoms. The zero-order valence-electron chi connectivity index (χ0n) is 11.2. The second-order valence-corrected chi connectivity index (χ2v) is 6.57. The number of rotatable bonds is 2. The Kier molecular flexibility index (Phi) is 2.25. The first-order chi connectivity index (χ1) is 8.78. The third-order valence-corrected chi connectivity index (χ3v) is 5.29. The van der Waals surface area contributed by atoms with Crippen molar-refractivity contribution in [3.63, 3.8) is 0 Å². The number of nitrogens with zero attached hydrogens (tertiary/aromatic N) is 1. The van der Waals surface area contributed by atoms with Crippen LogP contribution in [0, 0.1) is 11.8 Å². The molecule has 18 heavy (non-hydrogen) atoms. The molecule has 2 nitrogen and oxygen atoms in total. The Balaban J connectivity index is 1.55. The fourth-order valence-electron chi connectivity index (χ4n) is 3.96. The topological polar surface area (TPSA) is 15.3 Å². The molecule has 3 aliphatic rings. The van der Waals surface area contributed by atoms with E-state index >= 15 is 0 Å². The monoisotopic (exact) mass is 242 g/mol. The van der Waals surface area contributed by atoms with E-state index < -0.39 is 0 Å². The molecule has 1 aromatic rings. The Morgan fingerprint density at radius 3 is 2.67 bits per heavy atom. The van der Waals surface area contributed by atoms with E-state index in [0.717, 1.165) is 11.8 Å². The molecule has 96 valence electrons. The van der Waals surface area contributed by atoms with Gasteiger partial charge in [-0.25, -0.2) is 0 Å². The number of nitrogens with one attached hydrogen (secondary N) is 1. The quantitative estimate of drug-likeness (QED) is 0.856. The highest BCUT2D eigenvalue weighted by molar-refractivity contribution is 5.51. The lowest BCUT2D eigenvalue weighted by molar-refractivity contribution is 0.659. The van der Waals surface area contributed by atoms with E-state index in [1.807, 2.05) is 0 Å². The van der Waals surface area contributed by atoms with Crippen LogP contribution in [0.3, 0.4) is 0 Å². The van der Waals surface area contributed by atoms with E-state index in [1.165, 1.54) is 44.7 Å². The molecule has 0 spiro atoms. The summed E-state index contributed by atoms with van der Waals surface area (Å²) in [4.78, 5) is 2.53. The van der Waals surface area contributed by atoms with Gasteiger partial charge in [0.2, 0.25) is 0 Å². The summed E-state index contributed by atoms with van der Waals surface area (Å²) in [5.41, 5.74) is 3.49. The molecule has 1 unspecified atom stereocenters. The zero-order chi connectivity index (χ0) is 12.2. The molecule has 3 atom stereocenters. The Labute approximate surface area is 109 Å². The van der Waals surface area contributed by atoms with Crippen LogP contribution in [0.1, 0.15) is 25.3 Å². The van der Waals surface area contributed by atoms with Crippen molar-refractivity contribution in [3.05, 3.63) is 29.8 Å². The summed E-state index contributed by atoms with van der Waals surface area (Å²) in [6, 6.07) is 9.45. The third-order valence-electron chi connectivity index (χ3n) is 5.29. The molecule has 0 amide bonds. The highest BCUT2D eigenvalue weighted by Crippen LogP contribution is 2.56. The van der Waals surface area contributed by atoms with Crippen molar-refractivity contribution in [2.24, 2.45) is 11.8 Å². The van der Waals surface area contributed by atoms with Gasteiger partial charge in [0, 0.05) is 30.7 Å². The number of anilines is 1. The van der Waals surface area contributed by atoms with Crippen molar-refractivity contribution >= 4 is 5.69 Å². The third kappa shape index (κ3) is 1.51. The van der Waals surface area contributed by atoms with Crippen LogP contribution in [0.15, 0.2) is 24.3 Å². The standard InChI is InChI=1S/C16H22N2/c1-12-6-7-18(10-12)15-4-2-13(3-5-15)16-8-14(16)9-17-11-16/h2-5,12,14,17H,6-11H2,1H3/t12?,14-,16+/m0/s1. The molecule has 0 bridgehead atoms. The van der Waals surface area contributed by atoms with Gasteiger partial charge >= 0.3 is 0 Å². The van der Waals surface area contributed by atoms with Crippen LogP contribution in [-0.4, -0.2) is 26.2 Å². The van der Waals surface area contributed by atoms with Crippen LogP contribution < -0.4 is 10.2 Å². The first-order valence-electron chi connectivity index (χ1n) is 7.34. The Morgan fingerprint density at radius 2 is 2.11 bits per heavy atom. The number of hydrogen-bond donors (Lipinski definition) is 1. The summed E-state index contributed by atoms with van der Waals surface area (Å²) in [6.07, 6.45) is 2.75. The summed E-state index contributed by atoms with van der Waals surface area (Å²) in [5, 5.41) is 3.53. The van der Waals surface area contributed by atoms with E-state index in [-0.39, 0.29) is 0 Å². The molecule has 1 aliphatic carbocycles. The number of benzene rings is 1. The Bertz CT molecular complexity index is 453. The summed E-state index contributed by atoms with van der Waals surface area (Å²) in [7, 11) is 0. The second-order valence-electron chi connectivity index (χ2n) is 6.57. The predicted molar refractivity (Wildman–Crippen MR) is 75.1 cm³/mol. The summed E-state index contributed by atoms with van der Waals surface area (Å²) < 4.78 is 0. The van der Waals surface area contributed by atoms with Crippen molar-refractivity contribution in [2.45, 2.75) is 25.2 Å². The maximum atomic E-state index is 3.53. The van der Waals surface area contributed by atoms with Crippen LogP contribution in [-0.2, 0) is 5.41 Å². The Morgan fingerprint density at radius 1 is 1.28 bits per heavy atom. The van der Waals surface area contributed by atoms with Gasteiger partial charge in [-0.2, -0.15) is 0 Å². The molecule has 2 saturated heterocycles. The lowest BCUT2D eigenvalue weighted by atomic mass is 9.95. The molecule has 1 N–H and O–H groups in total. The van der Waals surface area contributed by atoms with Gasteiger partial charge in [0.25, 0.3) is 0 Å². The normalized spacial score (nSPS) is 37.9. The average Bonchev–Trinajstić information content (AvgIpc) is 2.75.